The highest BCUT2D eigenvalue weighted by Crippen LogP contribution is 2.23. The molecule has 3 rings (SSSR count). The molecule has 0 radical (unpaired) electrons. The summed E-state index contributed by atoms with van der Waals surface area (Å²) in [7, 11) is 0. The number of nitrogens with one attached hydrogen (secondary N) is 1. The van der Waals surface area contributed by atoms with Crippen LogP contribution >= 0.6 is 11.3 Å². The van der Waals surface area contributed by atoms with Gasteiger partial charge in [0, 0.05) is 12.1 Å². The van der Waals surface area contributed by atoms with Gasteiger partial charge >= 0.3 is 0 Å². The van der Waals surface area contributed by atoms with Crippen LogP contribution in [0, 0.1) is 6.92 Å². The van der Waals surface area contributed by atoms with E-state index in [0.29, 0.717) is 6.54 Å². The molecule has 1 aliphatic rings. The summed E-state index contributed by atoms with van der Waals surface area (Å²) < 4.78 is 0. The SMILES string of the molecule is Cc1ccc([C@@H]([NH2+]CC(=O)NCCC2=CCCCC2)c2cccs2)cc1. The van der Waals surface area contributed by atoms with E-state index in [-0.39, 0.29) is 11.9 Å². The predicted molar refractivity (Wildman–Crippen MR) is 108 cm³/mol. The summed E-state index contributed by atoms with van der Waals surface area (Å²) in [5.41, 5.74) is 4.02. The standard InChI is InChI=1S/C22H28N2OS/c1-17-9-11-19(12-10-17)22(20-8-5-15-26-20)24-16-21(25)23-14-13-18-6-3-2-4-7-18/h5-6,8-12,15,22,24H,2-4,7,13-14,16H2,1H3,(H,23,25)/p+1/t22-/m1/s1. The first-order chi connectivity index (χ1) is 12.7. The van der Waals surface area contributed by atoms with Crippen LogP contribution in [-0.2, 0) is 4.79 Å². The number of quaternary nitrogens is 1. The first-order valence-corrected chi connectivity index (χ1v) is 10.5. The van der Waals surface area contributed by atoms with Crippen molar-refractivity contribution in [3.05, 3.63) is 69.4 Å². The lowest BCUT2D eigenvalue weighted by Crippen LogP contribution is -2.87. The smallest absolute Gasteiger partial charge is 0.275 e. The van der Waals surface area contributed by atoms with Gasteiger partial charge < -0.3 is 10.6 Å². The topological polar surface area (TPSA) is 45.7 Å². The second kappa shape index (κ2) is 9.70. The quantitative estimate of drug-likeness (QED) is 0.685. The number of nitrogens with two attached hydrogens (primary N) is 1. The monoisotopic (exact) mass is 369 g/mol. The van der Waals surface area contributed by atoms with E-state index in [0.717, 1.165) is 13.0 Å². The second-order valence-electron chi connectivity index (χ2n) is 7.05. The van der Waals surface area contributed by atoms with Crippen molar-refractivity contribution in [3.63, 3.8) is 0 Å². The van der Waals surface area contributed by atoms with Gasteiger partial charge in [0.05, 0.1) is 4.88 Å². The molecule has 0 saturated carbocycles. The van der Waals surface area contributed by atoms with Crippen LogP contribution in [0.5, 0.6) is 0 Å². The maximum atomic E-state index is 12.3. The van der Waals surface area contributed by atoms with E-state index in [9.17, 15) is 4.79 Å². The maximum Gasteiger partial charge on any atom is 0.275 e. The molecule has 4 heteroatoms. The molecule has 1 heterocycles. The Labute approximate surface area is 160 Å². The molecule has 3 N–H and O–H groups in total. The van der Waals surface area contributed by atoms with Crippen molar-refractivity contribution in [1.82, 2.24) is 5.32 Å². The predicted octanol–water partition coefficient (Wildman–Crippen LogP) is 3.72. The molecule has 0 unspecified atom stereocenters. The summed E-state index contributed by atoms with van der Waals surface area (Å²) in [5.74, 6) is 0.120. The van der Waals surface area contributed by atoms with Crippen molar-refractivity contribution < 1.29 is 10.1 Å². The number of carbonyl (C=O) groups is 1. The lowest BCUT2D eigenvalue weighted by Gasteiger charge is -2.16. The lowest BCUT2D eigenvalue weighted by atomic mass is 9.97. The zero-order valence-electron chi connectivity index (χ0n) is 15.5. The Morgan fingerprint density at radius 3 is 2.77 bits per heavy atom. The number of hydrogen-bond donors (Lipinski definition) is 2. The van der Waals surface area contributed by atoms with Crippen LogP contribution in [0.3, 0.4) is 0 Å². The third kappa shape index (κ3) is 5.55. The van der Waals surface area contributed by atoms with Gasteiger partial charge in [-0.25, -0.2) is 0 Å². The largest absolute Gasteiger partial charge is 0.351 e. The van der Waals surface area contributed by atoms with E-state index in [1.165, 1.54) is 47.3 Å². The number of thiophene rings is 1. The fourth-order valence-corrected chi connectivity index (χ4v) is 4.30. The summed E-state index contributed by atoms with van der Waals surface area (Å²) in [4.78, 5) is 13.6. The van der Waals surface area contributed by atoms with Crippen LogP contribution in [0.25, 0.3) is 0 Å². The number of benzene rings is 1. The van der Waals surface area contributed by atoms with E-state index in [1.807, 2.05) is 0 Å². The minimum absolute atomic E-state index is 0.120. The Morgan fingerprint density at radius 2 is 2.08 bits per heavy atom. The Morgan fingerprint density at radius 1 is 1.23 bits per heavy atom. The highest BCUT2D eigenvalue weighted by Gasteiger charge is 2.19. The summed E-state index contributed by atoms with van der Waals surface area (Å²) in [5, 5.41) is 7.33. The summed E-state index contributed by atoms with van der Waals surface area (Å²) in [6.07, 6.45) is 8.37. The zero-order valence-corrected chi connectivity index (χ0v) is 16.4. The number of rotatable bonds is 8. The number of allylic oxidation sites excluding steroid dienone is 1. The number of carbonyl (C=O) groups excluding carboxylic acids is 1. The highest BCUT2D eigenvalue weighted by atomic mass is 32.1. The van der Waals surface area contributed by atoms with Gasteiger partial charge in [-0.1, -0.05) is 47.5 Å². The van der Waals surface area contributed by atoms with Crippen LogP contribution in [0.1, 0.15) is 54.1 Å². The molecule has 1 aliphatic carbocycles. The van der Waals surface area contributed by atoms with Crippen LogP contribution in [-0.4, -0.2) is 19.0 Å². The third-order valence-electron chi connectivity index (χ3n) is 4.98. The van der Waals surface area contributed by atoms with Gasteiger partial charge in [-0.05, 0) is 50.5 Å². The van der Waals surface area contributed by atoms with Gasteiger partial charge in [-0.15, -0.1) is 11.3 Å². The van der Waals surface area contributed by atoms with E-state index in [2.05, 4.69) is 65.4 Å². The molecule has 0 spiro atoms. The average Bonchev–Trinajstić information content (AvgIpc) is 3.19. The summed E-state index contributed by atoms with van der Waals surface area (Å²) >= 11 is 1.75. The van der Waals surface area contributed by atoms with Crippen molar-refractivity contribution in [1.29, 1.82) is 0 Å². The fourth-order valence-electron chi connectivity index (χ4n) is 3.45. The molecule has 0 aliphatic heterocycles. The van der Waals surface area contributed by atoms with E-state index >= 15 is 0 Å². The van der Waals surface area contributed by atoms with E-state index in [1.54, 1.807) is 11.3 Å². The molecule has 1 atom stereocenters. The second-order valence-corrected chi connectivity index (χ2v) is 8.03. The Kier molecular flexibility index (Phi) is 7.04. The zero-order chi connectivity index (χ0) is 18.2. The van der Waals surface area contributed by atoms with Crippen molar-refractivity contribution in [3.8, 4) is 0 Å². The minimum Gasteiger partial charge on any atom is -0.351 e. The summed E-state index contributed by atoms with van der Waals surface area (Å²) in [6, 6.07) is 13.0. The fraction of sp³-hybridized carbons (Fsp3) is 0.409. The van der Waals surface area contributed by atoms with Crippen LogP contribution in [0.4, 0.5) is 0 Å². The van der Waals surface area contributed by atoms with Gasteiger partial charge in [0.15, 0.2) is 6.54 Å². The van der Waals surface area contributed by atoms with Crippen LogP contribution in [0.2, 0.25) is 0 Å². The van der Waals surface area contributed by atoms with Gasteiger partial charge in [-0.2, -0.15) is 0 Å². The summed E-state index contributed by atoms with van der Waals surface area (Å²) in [6.45, 7) is 3.31. The Balaban J connectivity index is 1.51. The number of amides is 1. The first kappa shape index (κ1) is 18.9. The Bertz CT molecular complexity index is 719. The molecule has 1 amide bonds. The van der Waals surface area contributed by atoms with E-state index in [4.69, 9.17) is 0 Å². The first-order valence-electron chi connectivity index (χ1n) is 9.60. The minimum atomic E-state index is 0.120. The van der Waals surface area contributed by atoms with Crippen molar-refractivity contribution in [2.45, 2.75) is 45.1 Å². The molecule has 1 aromatic heterocycles. The van der Waals surface area contributed by atoms with Gasteiger partial charge in [0.1, 0.15) is 6.04 Å². The van der Waals surface area contributed by atoms with Crippen molar-refractivity contribution >= 4 is 17.2 Å². The number of hydrogen-bond acceptors (Lipinski definition) is 2. The normalized spacial score (nSPS) is 15.3. The molecule has 138 valence electrons. The van der Waals surface area contributed by atoms with Gasteiger partial charge in [-0.3, -0.25) is 4.79 Å². The van der Waals surface area contributed by atoms with Crippen LogP contribution in [0.15, 0.2) is 53.4 Å². The van der Waals surface area contributed by atoms with Crippen molar-refractivity contribution in [2.75, 3.05) is 13.1 Å². The molecular formula is C22H29N2OS+. The molecule has 1 aromatic carbocycles. The van der Waals surface area contributed by atoms with Crippen LogP contribution < -0.4 is 10.6 Å². The average molecular weight is 370 g/mol. The van der Waals surface area contributed by atoms with Crippen molar-refractivity contribution in [2.24, 2.45) is 0 Å². The number of aryl methyl sites for hydroxylation is 1. The molecule has 0 saturated heterocycles. The lowest BCUT2D eigenvalue weighted by molar-refractivity contribution is -0.676. The molecule has 3 nitrogen and oxygen atoms in total. The van der Waals surface area contributed by atoms with E-state index < -0.39 is 0 Å². The molecule has 26 heavy (non-hydrogen) atoms. The van der Waals surface area contributed by atoms with Gasteiger partial charge in [0.25, 0.3) is 5.91 Å². The molecule has 0 fully saturated rings. The molecule has 2 aromatic rings. The van der Waals surface area contributed by atoms with Gasteiger partial charge in [0.2, 0.25) is 0 Å². The molecule has 0 bridgehead atoms. The maximum absolute atomic E-state index is 12.3. The highest BCUT2D eigenvalue weighted by molar-refractivity contribution is 7.10. The third-order valence-corrected chi connectivity index (χ3v) is 5.93. The Hall–Kier alpha value is -1.91. The molecular weight excluding hydrogens is 340 g/mol.